The zero-order valence-corrected chi connectivity index (χ0v) is 17.1. The fourth-order valence-electron chi connectivity index (χ4n) is 3.82. The van der Waals surface area contributed by atoms with E-state index in [-0.39, 0.29) is 56.6 Å². The van der Waals surface area contributed by atoms with Gasteiger partial charge in [-0.15, -0.1) is 13.2 Å². The first-order chi connectivity index (χ1) is 15.1. The molecule has 2 aliphatic rings. The minimum atomic E-state index is -4.94. The van der Waals surface area contributed by atoms with Crippen molar-refractivity contribution in [3.05, 3.63) is 29.6 Å². The molecule has 1 saturated heterocycles. The molecule has 1 aliphatic carbocycles. The molecular formula is C20H25F4N3O5. The van der Waals surface area contributed by atoms with Crippen molar-refractivity contribution < 1.29 is 42.1 Å². The Morgan fingerprint density at radius 1 is 1.22 bits per heavy atom. The highest BCUT2D eigenvalue weighted by Gasteiger charge is 2.41. The lowest BCUT2D eigenvalue weighted by atomic mass is 10.0. The van der Waals surface area contributed by atoms with Crippen LogP contribution in [0.4, 0.5) is 22.4 Å². The van der Waals surface area contributed by atoms with Crippen LogP contribution in [0, 0.1) is 5.82 Å². The van der Waals surface area contributed by atoms with E-state index in [9.17, 15) is 32.3 Å². The standard InChI is InChI=1S/C20H25F4N3O5/c21-17-8-16(32-20(22,23)24)4-1-12(17)9-25-19(31)27(13-2-3-13)14-7-15(29)11-26(10-14)18(30)5-6-28/h1,4,8,13-15,28-29H,2-3,5-7,9-11H2,(H,25,31). The SMILES string of the molecule is O=C(CCO)N1CC(O)CC(N(C(=O)NCc2ccc(OC(F)(F)F)cc2F)C2CC2)C1. The van der Waals surface area contributed by atoms with Crippen LogP contribution in [0.15, 0.2) is 18.2 Å². The molecule has 1 heterocycles. The molecule has 8 nitrogen and oxygen atoms in total. The topological polar surface area (TPSA) is 102 Å². The first-order valence-electron chi connectivity index (χ1n) is 10.2. The van der Waals surface area contributed by atoms with Gasteiger partial charge in [-0.25, -0.2) is 9.18 Å². The van der Waals surface area contributed by atoms with Crippen LogP contribution in [0.25, 0.3) is 0 Å². The second-order valence-corrected chi connectivity index (χ2v) is 7.91. The molecule has 1 aliphatic heterocycles. The molecule has 0 radical (unpaired) electrons. The van der Waals surface area contributed by atoms with E-state index in [0.29, 0.717) is 6.07 Å². The predicted molar refractivity (Wildman–Crippen MR) is 103 cm³/mol. The number of ether oxygens (including phenoxy) is 1. The van der Waals surface area contributed by atoms with Crippen molar-refractivity contribution in [1.29, 1.82) is 0 Å². The zero-order chi connectivity index (χ0) is 23.5. The van der Waals surface area contributed by atoms with Crippen LogP contribution in [0.3, 0.4) is 0 Å². The van der Waals surface area contributed by atoms with Gasteiger partial charge in [-0.3, -0.25) is 4.79 Å². The summed E-state index contributed by atoms with van der Waals surface area (Å²) in [6.45, 7) is -0.255. The molecule has 0 bridgehead atoms. The molecule has 12 heteroatoms. The summed E-state index contributed by atoms with van der Waals surface area (Å²) in [5.41, 5.74) is -0.0212. The van der Waals surface area contributed by atoms with Crippen LogP contribution in [0.2, 0.25) is 0 Å². The molecular weight excluding hydrogens is 438 g/mol. The Morgan fingerprint density at radius 3 is 2.53 bits per heavy atom. The van der Waals surface area contributed by atoms with E-state index in [1.165, 1.54) is 4.90 Å². The van der Waals surface area contributed by atoms with Gasteiger partial charge in [0.1, 0.15) is 11.6 Å². The highest BCUT2D eigenvalue weighted by Crippen LogP contribution is 2.32. The number of amides is 3. The number of piperidine rings is 1. The number of rotatable bonds is 7. The summed E-state index contributed by atoms with van der Waals surface area (Å²) in [5, 5.41) is 21.8. The molecule has 178 valence electrons. The van der Waals surface area contributed by atoms with Crippen LogP contribution in [0.5, 0.6) is 5.75 Å². The van der Waals surface area contributed by atoms with Crippen LogP contribution in [-0.4, -0.2) is 76.2 Å². The summed E-state index contributed by atoms with van der Waals surface area (Å²) in [6, 6.07) is 1.59. The summed E-state index contributed by atoms with van der Waals surface area (Å²) < 4.78 is 54.6. The molecule has 1 saturated carbocycles. The highest BCUT2D eigenvalue weighted by atomic mass is 19.4. The number of hydrogen-bond donors (Lipinski definition) is 3. The molecule has 2 unspecified atom stereocenters. The summed E-state index contributed by atoms with van der Waals surface area (Å²) in [4.78, 5) is 28.0. The Hall–Kier alpha value is -2.60. The van der Waals surface area contributed by atoms with Crippen LogP contribution in [-0.2, 0) is 11.3 Å². The maximum atomic E-state index is 14.2. The molecule has 1 aromatic carbocycles. The van der Waals surface area contributed by atoms with Crippen molar-refractivity contribution in [3.63, 3.8) is 0 Å². The van der Waals surface area contributed by atoms with E-state index >= 15 is 0 Å². The lowest BCUT2D eigenvalue weighted by Gasteiger charge is -2.41. The first-order valence-corrected chi connectivity index (χ1v) is 10.2. The van der Waals surface area contributed by atoms with Gasteiger partial charge in [-0.05, 0) is 25.3 Å². The first kappa shape index (κ1) is 24.1. The van der Waals surface area contributed by atoms with E-state index in [1.54, 1.807) is 4.90 Å². The predicted octanol–water partition coefficient (Wildman–Crippen LogP) is 1.74. The highest BCUT2D eigenvalue weighted by molar-refractivity contribution is 5.77. The van der Waals surface area contributed by atoms with Gasteiger partial charge in [0.25, 0.3) is 0 Å². The number of aliphatic hydroxyl groups excluding tert-OH is 2. The molecule has 2 fully saturated rings. The van der Waals surface area contributed by atoms with E-state index in [0.717, 1.165) is 25.0 Å². The Bertz CT molecular complexity index is 834. The molecule has 32 heavy (non-hydrogen) atoms. The number of benzene rings is 1. The average Bonchev–Trinajstić information content (AvgIpc) is 3.51. The summed E-state index contributed by atoms with van der Waals surface area (Å²) >= 11 is 0. The van der Waals surface area contributed by atoms with E-state index in [2.05, 4.69) is 10.1 Å². The number of likely N-dealkylation sites (tertiary alicyclic amines) is 1. The van der Waals surface area contributed by atoms with Gasteiger partial charge in [-0.1, -0.05) is 6.07 Å². The monoisotopic (exact) mass is 463 g/mol. The third kappa shape index (κ3) is 6.45. The van der Waals surface area contributed by atoms with Gasteiger partial charge in [0.2, 0.25) is 5.91 Å². The average molecular weight is 463 g/mol. The van der Waals surface area contributed by atoms with Crippen LogP contribution >= 0.6 is 0 Å². The molecule has 0 aromatic heterocycles. The second-order valence-electron chi connectivity index (χ2n) is 7.91. The van der Waals surface area contributed by atoms with Crippen LogP contribution < -0.4 is 10.1 Å². The van der Waals surface area contributed by atoms with Crippen molar-refractivity contribution in [2.24, 2.45) is 0 Å². The lowest BCUT2D eigenvalue weighted by Crippen LogP contribution is -2.58. The smallest absolute Gasteiger partial charge is 0.406 e. The van der Waals surface area contributed by atoms with Gasteiger partial charge in [0.15, 0.2) is 0 Å². The number of urea groups is 1. The molecule has 1 aromatic rings. The minimum absolute atomic E-state index is 0.0212. The molecule has 2 atom stereocenters. The van der Waals surface area contributed by atoms with Gasteiger partial charge in [0, 0.05) is 43.7 Å². The maximum Gasteiger partial charge on any atom is 0.573 e. The van der Waals surface area contributed by atoms with Crippen molar-refractivity contribution in [2.75, 3.05) is 19.7 Å². The third-order valence-electron chi connectivity index (χ3n) is 5.34. The van der Waals surface area contributed by atoms with Gasteiger partial charge in [0.05, 0.1) is 18.8 Å². The Labute approximate surface area is 181 Å². The minimum Gasteiger partial charge on any atom is -0.406 e. The molecule has 3 rings (SSSR count). The summed E-state index contributed by atoms with van der Waals surface area (Å²) in [7, 11) is 0. The van der Waals surface area contributed by atoms with E-state index < -0.39 is 36.1 Å². The number of nitrogens with zero attached hydrogens (tertiary/aromatic N) is 2. The van der Waals surface area contributed by atoms with Crippen LogP contribution in [0.1, 0.15) is 31.2 Å². The summed E-state index contributed by atoms with van der Waals surface area (Å²) in [6.07, 6.45) is -4.08. The largest absolute Gasteiger partial charge is 0.573 e. The number of alkyl halides is 3. The quantitative estimate of drug-likeness (QED) is 0.535. The normalized spacial score (nSPS) is 21.2. The van der Waals surface area contributed by atoms with Gasteiger partial charge < -0.3 is 30.1 Å². The Morgan fingerprint density at radius 2 is 1.94 bits per heavy atom. The fourth-order valence-corrected chi connectivity index (χ4v) is 3.82. The second kappa shape index (κ2) is 9.90. The molecule has 0 spiro atoms. The maximum absolute atomic E-state index is 14.2. The number of carbonyl (C=O) groups is 2. The Balaban J connectivity index is 1.64. The molecule has 3 N–H and O–H groups in total. The fraction of sp³-hybridized carbons (Fsp3) is 0.600. The lowest BCUT2D eigenvalue weighted by molar-refractivity contribution is -0.274. The van der Waals surface area contributed by atoms with E-state index in [1.807, 2.05) is 0 Å². The number of β-amino-alcohol motifs (C(OH)–C–C–N with tert-alkyl or cyclic N) is 1. The zero-order valence-electron chi connectivity index (χ0n) is 17.1. The number of carbonyl (C=O) groups excluding carboxylic acids is 2. The van der Waals surface area contributed by atoms with Gasteiger partial charge >= 0.3 is 12.4 Å². The number of halogens is 4. The van der Waals surface area contributed by atoms with E-state index in [4.69, 9.17) is 5.11 Å². The molecule has 3 amide bonds. The van der Waals surface area contributed by atoms with Crippen molar-refractivity contribution in [2.45, 2.75) is 56.8 Å². The third-order valence-corrected chi connectivity index (χ3v) is 5.34. The number of hydrogen-bond acceptors (Lipinski definition) is 5. The summed E-state index contributed by atoms with van der Waals surface area (Å²) in [5.74, 6) is -1.98. The number of aliphatic hydroxyl groups is 2. The van der Waals surface area contributed by atoms with Gasteiger partial charge in [-0.2, -0.15) is 0 Å². The van der Waals surface area contributed by atoms with Crippen molar-refractivity contribution in [3.8, 4) is 5.75 Å². The number of nitrogens with one attached hydrogen (secondary N) is 1. The van der Waals surface area contributed by atoms with Crippen molar-refractivity contribution in [1.82, 2.24) is 15.1 Å². The van der Waals surface area contributed by atoms with Crippen molar-refractivity contribution >= 4 is 11.9 Å². The Kier molecular flexibility index (Phi) is 7.44.